The van der Waals surface area contributed by atoms with Gasteiger partial charge < -0.3 is 20.1 Å². The zero-order valence-corrected chi connectivity index (χ0v) is 19.6. The number of anilines is 1. The maximum absolute atomic E-state index is 12.3. The number of hydrogen-bond acceptors (Lipinski definition) is 6. The standard InChI is InChI=1S/C22H25BrN4O5/c1-14-4-5-15(2)18(10-14)26-20(28)13-32-19-7-6-17(23)11-16(19)12-25-27-22(30)21(29)24-8-9-31-3/h4-7,10-12H,8-9,13H2,1-3H3,(H,24,29)(H,26,28)(H,27,30)/b25-12-. The number of nitrogens with one attached hydrogen (secondary N) is 3. The van der Waals surface area contributed by atoms with E-state index >= 15 is 0 Å². The summed E-state index contributed by atoms with van der Waals surface area (Å²) in [5.74, 6) is -1.67. The molecular weight excluding hydrogens is 480 g/mol. The van der Waals surface area contributed by atoms with Gasteiger partial charge in [-0.25, -0.2) is 5.43 Å². The molecule has 0 aliphatic heterocycles. The van der Waals surface area contributed by atoms with Gasteiger partial charge in [0.25, 0.3) is 5.91 Å². The molecule has 2 aromatic rings. The molecule has 0 saturated carbocycles. The van der Waals surface area contributed by atoms with E-state index in [-0.39, 0.29) is 25.7 Å². The zero-order chi connectivity index (χ0) is 23.5. The summed E-state index contributed by atoms with van der Waals surface area (Å²) >= 11 is 3.35. The van der Waals surface area contributed by atoms with Crippen LogP contribution in [0, 0.1) is 13.8 Å². The molecule has 0 radical (unpaired) electrons. The summed E-state index contributed by atoms with van der Waals surface area (Å²) in [4.78, 5) is 35.7. The lowest BCUT2D eigenvalue weighted by Gasteiger charge is -2.12. The largest absolute Gasteiger partial charge is 0.483 e. The van der Waals surface area contributed by atoms with E-state index in [0.717, 1.165) is 21.3 Å². The predicted octanol–water partition coefficient (Wildman–Crippen LogP) is 2.30. The molecule has 0 heterocycles. The molecule has 0 atom stereocenters. The van der Waals surface area contributed by atoms with Crippen LogP contribution in [0.5, 0.6) is 5.75 Å². The van der Waals surface area contributed by atoms with Crippen molar-refractivity contribution in [2.45, 2.75) is 13.8 Å². The molecule has 2 aromatic carbocycles. The van der Waals surface area contributed by atoms with E-state index in [1.165, 1.54) is 13.3 Å². The van der Waals surface area contributed by atoms with Gasteiger partial charge in [-0.3, -0.25) is 14.4 Å². The van der Waals surface area contributed by atoms with Gasteiger partial charge in [-0.1, -0.05) is 28.1 Å². The highest BCUT2D eigenvalue weighted by Crippen LogP contribution is 2.22. The molecule has 170 valence electrons. The number of rotatable bonds is 9. The fraction of sp³-hybridized carbons (Fsp3) is 0.273. The first-order valence-corrected chi connectivity index (χ1v) is 10.5. The highest BCUT2D eigenvalue weighted by Gasteiger charge is 2.12. The molecule has 0 aliphatic carbocycles. The molecule has 3 amide bonds. The second kappa shape index (κ2) is 12.6. The quantitative estimate of drug-likeness (QED) is 0.209. The average molecular weight is 505 g/mol. The van der Waals surface area contributed by atoms with Crippen molar-refractivity contribution >= 4 is 45.6 Å². The number of aryl methyl sites for hydroxylation is 2. The Hall–Kier alpha value is -3.24. The number of nitrogens with zero attached hydrogens (tertiary/aromatic N) is 1. The molecule has 0 fully saturated rings. The fourth-order valence-corrected chi connectivity index (χ4v) is 2.89. The topological polar surface area (TPSA) is 118 Å². The number of amides is 3. The Morgan fingerprint density at radius 3 is 2.62 bits per heavy atom. The van der Waals surface area contributed by atoms with Gasteiger partial charge in [-0.15, -0.1) is 0 Å². The van der Waals surface area contributed by atoms with Crippen LogP contribution in [0.1, 0.15) is 16.7 Å². The highest BCUT2D eigenvalue weighted by atomic mass is 79.9. The van der Waals surface area contributed by atoms with E-state index < -0.39 is 11.8 Å². The van der Waals surface area contributed by atoms with Crippen molar-refractivity contribution < 1.29 is 23.9 Å². The van der Waals surface area contributed by atoms with Crippen molar-refractivity contribution in [3.8, 4) is 5.75 Å². The monoisotopic (exact) mass is 504 g/mol. The van der Waals surface area contributed by atoms with Crippen molar-refractivity contribution in [1.29, 1.82) is 0 Å². The van der Waals surface area contributed by atoms with Gasteiger partial charge in [-0.2, -0.15) is 5.10 Å². The number of methoxy groups -OCH3 is 1. The molecule has 32 heavy (non-hydrogen) atoms. The maximum Gasteiger partial charge on any atom is 0.329 e. The molecule has 0 unspecified atom stereocenters. The van der Waals surface area contributed by atoms with E-state index in [1.54, 1.807) is 18.2 Å². The van der Waals surface area contributed by atoms with Crippen LogP contribution in [-0.2, 0) is 19.1 Å². The van der Waals surface area contributed by atoms with E-state index in [0.29, 0.717) is 11.3 Å². The fourth-order valence-electron chi connectivity index (χ4n) is 2.51. The lowest BCUT2D eigenvalue weighted by atomic mass is 10.1. The Bertz CT molecular complexity index is 1010. The van der Waals surface area contributed by atoms with Crippen LogP contribution in [0.15, 0.2) is 46.0 Å². The Morgan fingerprint density at radius 2 is 1.88 bits per heavy atom. The van der Waals surface area contributed by atoms with Gasteiger partial charge in [0.2, 0.25) is 0 Å². The van der Waals surface area contributed by atoms with E-state index in [1.807, 2.05) is 32.0 Å². The molecule has 10 heteroatoms. The Labute approximate surface area is 194 Å². The van der Waals surface area contributed by atoms with Gasteiger partial charge in [0, 0.05) is 29.4 Å². The van der Waals surface area contributed by atoms with Gasteiger partial charge in [0.05, 0.1) is 12.8 Å². The van der Waals surface area contributed by atoms with E-state index in [2.05, 4.69) is 37.1 Å². The summed E-state index contributed by atoms with van der Waals surface area (Å²) in [6.07, 6.45) is 1.32. The molecule has 0 saturated heterocycles. The van der Waals surface area contributed by atoms with Crippen LogP contribution >= 0.6 is 15.9 Å². The number of hydrogen-bond donors (Lipinski definition) is 3. The van der Waals surface area contributed by atoms with Gasteiger partial charge >= 0.3 is 11.8 Å². The number of hydrazone groups is 1. The number of benzene rings is 2. The van der Waals surface area contributed by atoms with Crippen LogP contribution < -0.4 is 20.8 Å². The first kappa shape index (κ1) is 25.0. The molecule has 9 nitrogen and oxygen atoms in total. The summed E-state index contributed by atoms with van der Waals surface area (Å²) in [7, 11) is 1.49. The van der Waals surface area contributed by atoms with Crippen LogP contribution in [0.25, 0.3) is 0 Å². The van der Waals surface area contributed by atoms with Crippen LogP contribution in [0.2, 0.25) is 0 Å². The van der Waals surface area contributed by atoms with Crippen LogP contribution in [-0.4, -0.2) is 50.8 Å². The second-order valence-corrected chi connectivity index (χ2v) is 7.70. The minimum absolute atomic E-state index is 0.209. The number of halogens is 1. The second-order valence-electron chi connectivity index (χ2n) is 6.79. The van der Waals surface area contributed by atoms with Crippen LogP contribution in [0.3, 0.4) is 0 Å². The summed E-state index contributed by atoms with van der Waals surface area (Å²) < 4.78 is 11.2. The number of carbonyl (C=O) groups is 3. The average Bonchev–Trinajstić information content (AvgIpc) is 2.75. The third-order valence-corrected chi connectivity index (χ3v) is 4.66. The number of ether oxygens (including phenoxy) is 2. The minimum Gasteiger partial charge on any atom is -0.483 e. The molecule has 0 spiro atoms. The van der Waals surface area contributed by atoms with Gasteiger partial charge in [0.1, 0.15) is 5.75 Å². The highest BCUT2D eigenvalue weighted by molar-refractivity contribution is 9.10. The Kier molecular flexibility index (Phi) is 9.83. The summed E-state index contributed by atoms with van der Waals surface area (Å²) in [5, 5.41) is 9.00. The minimum atomic E-state index is -0.914. The first-order valence-electron chi connectivity index (χ1n) is 9.69. The summed E-state index contributed by atoms with van der Waals surface area (Å²) in [5.41, 5.74) is 5.35. The summed E-state index contributed by atoms with van der Waals surface area (Å²) in [6.45, 7) is 4.13. The normalized spacial score (nSPS) is 10.6. The summed E-state index contributed by atoms with van der Waals surface area (Å²) in [6, 6.07) is 10.9. The molecular formula is C22H25BrN4O5. The third-order valence-electron chi connectivity index (χ3n) is 4.17. The molecule has 0 bridgehead atoms. The lowest BCUT2D eigenvalue weighted by Crippen LogP contribution is -2.39. The zero-order valence-electron chi connectivity index (χ0n) is 18.0. The maximum atomic E-state index is 12.3. The van der Waals surface area contributed by atoms with E-state index in [4.69, 9.17) is 9.47 Å². The van der Waals surface area contributed by atoms with Crippen molar-refractivity contribution in [3.63, 3.8) is 0 Å². The number of carbonyl (C=O) groups excluding carboxylic acids is 3. The van der Waals surface area contributed by atoms with E-state index in [9.17, 15) is 14.4 Å². The Morgan fingerprint density at radius 1 is 1.09 bits per heavy atom. The van der Waals surface area contributed by atoms with Gasteiger partial charge in [-0.05, 0) is 49.2 Å². The predicted molar refractivity (Wildman–Crippen MR) is 125 cm³/mol. The lowest BCUT2D eigenvalue weighted by molar-refractivity contribution is -0.139. The Balaban J connectivity index is 1.96. The third kappa shape index (κ3) is 8.12. The molecule has 2 rings (SSSR count). The van der Waals surface area contributed by atoms with Crippen molar-refractivity contribution in [1.82, 2.24) is 10.7 Å². The van der Waals surface area contributed by atoms with Crippen molar-refractivity contribution in [3.05, 3.63) is 57.6 Å². The first-order chi connectivity index (χ1) is 15.3. The van der Waals surface area contributed by atoms with Crippen molar-refractivity contribution in [2.75, 3.05) is 32.2 Å². The molecule has 3 N–H and O–H groups in total. The van der Waals surface area contributed by atoms with Gasteiger partial charge in [0.15, 0.2) is 6.61 Å². The smallest absolute Gasteiger partial charge is 0.329 e. The molecule has 0 aromatic heterocycles. The van der Waals surface area contributed by atoms with Crippen molar-refractivity contribution in [2.24, 2.45) is 5.10 Å². The SMILES string of the molecule is COCCNC(=O)C(=O)N/N=C\c1cc(Br)ccc1OCC(=O)Nc1cc(C)ccc1C. The van der Waals surface area contributed by atoms with Crippen LogP contribution in [0.4, 0.5) is 5.69 Å². The molecule has 0 aliphatic rings.